The molecule has 1 aromatic carbocycles. The fourth-order valence-corrected chi connectivity index (χ4v) is 4.81. The molecule has 5 rings (SSSR count). The molecule has 8 heteroatoms. The maximum atomic E-state index is 12.9. The van der Waals surface area contributed by atoms with Crippen molar-refractivity contribution in [2.45, 2.75) is 26.2 Å². The molecule has 2 amide bonds. The van der Waals surface area contributed by atoms with Crippen LogP contribution in [0.4, 0.5) is 0 Å². The molecule has 3 aromatic rings. The summed E-state index contributed by atoms with van der Waals surface area (Å²) >= 11 is 0. The van der Waals surface area contributed by atoms with Crippen molar-refractivity contribution < 1.29 is 14.3 Å². The van der Waals surface area contributed by atoms with Gasteiger partial charge in [0.1, 0.15) is 0 Å². The molecular formula is C25H29N5O3. The van der Waals surface area contributed by atoms with Gasteiger partial charge in [0.2, 0.25) is 11.8 Å². The summed E-state index contributed by atoms with van der Waals surface area (Å²) in [6, 6.07) is 9.43. The van der Waals surface area contributed by atoms with Crippen molar-refractivity contribution in [3.63, 3.8) is 0 Å². The third-order valence-corrected chi connectivity index (χ3v) is 6.70. The molecule has 0 spiro atoms. The molecule has 1 N–H and O–H groups in total. The lowest BCUT2D eigenvalue weighted by Gasteiger charge is -2.34. The molecule has 172 valence electrons. The Morgan fingerprint density at radius 3 is 2.82 bits per heavy atom. The van der Waals surface area contributed by atoms with Gasteiger partial charge >= 0.3 is 0 Å². The number of H-pyrrole nitrogens is 1. The van der Waals surface area contributed by atoms with Crippen LogP contribution in [0.25, 0.3) is 11.0 Å². The standard InChI is InChI=1S/C25H29N5O3/c1-17-4-7-26-23(10-17)33-15-19-11-24(31)30(14-19)13-18-5-8-29(9-6-18)25(32)20-2-3-21-22(12-20)28-16-27-21/h2-4,7,10,12,16,18-19H,5-6,8-9,11,13-15H2,1H3,(H,27,28). The van der Waals surface area contributed by atoms with Crippen molar-refractivity contribution in [2.24, 2.45) is 11.8 Å². The van der Waals surface area contributed by atoms with Gasteiger partial charge in [-0.05, 0) is 55.5 Å². The van der Waals surface area contributed by atoms with Crippen molar-refractivity contribution in [3.05, 3.63) is 54.0 Å². The van der Waals surface area contributed by atoms with E-state index in [2.05, 4.69) is 15.0 Å². The summed E-state index contributed by atoms with van der Waals surface area (Å²) in [5.74, 6) is 1.49. The summed E-state index contributed by atoms with van der Waals surface area (Å²) in [6.07, 6.45) is 5.73. The number of fused-ring (bicyclic) bond motifs is 1. The normalized spacial score (nSPS) is 19.4. The van der Waals surface area contributed by atoms with E-state index in [-0.39, 0.29) is 17.7 Å². The minimum absolute atomic E-state index is 0.0594. The molecule has 2 fully saturated rings. The molecule has 1 unspecified atom stereocenters. The molecule has 2 aromatic heterocycles. The number of nitrogens with zero attached hydrogens (tertiary/aromatic N) is 4. The molecule has 33 heavy (non-hydrogen) atoms. The Balaban J connectivity index is 1.09. The van der Waals surface area contributed by atoms with E-state index >= 15 is 0 Å². The number of amides is 2. The molecular weight excluding hydrogens is 418 g/mol. The molecule has 0 aliphatic carbocycles. The Bertz CT molecular complexity index is 1150. The second kappa shape index (κ2) is 9.21. The van der Waals surface area contributed by atoms with Gasteiger partial charge in [-0.25, -0.2) is 9.97 Å². The number of aromatic amines is 1. The van der Waals surface area contributed by atoms with Crippen LogP contribution in [0.3, 0.4) is 0 Å². The Kier molecular flexibility index (Phi) is 5.98. The van der Waals surface area contributed by atoms with Crippen LogP contribution >= 0.6 is 0 Å². The molecule has 1 atom stereocenters. The smallest absolute Gasteiger partial charge is 0.253 e. The number of piperidine rings is 1. The summed E-state index contributed by atoms with van der Waals surface area (Å²) < 4.78 is 5.82. The Morgan fingerprint density at radius 2 is 2.00 bits per heavy atom. The number of hydrogen-bond donors (Lipinski definition) is 1. The van der Waals surface area contributed by atoms with E-state index in [9.17, 15) is 9.59 Å². The van der Waals surface area contributed by atoms with Crippen molar-refractivity contribution in [3.8, 4) is 5.88 Å². The van der Waals surface area contributed by atoms with Gasteiger partial charge < -0.3 is 19.5 Å². The summed E-state index contributed by atoms with van der Waals surface area (Å²) in [6.45, 7) is 5.45. The van der Waals surface area contributed by atoms with E-state index in [0.717, 1.165) is 55.6 Å². The highest BCUT2D eigenvalue weighted by Crippen LogP contribution is 2.25. The second-order valence-corrected chi connectivity index (χ2v) is 9.22. The van der Waals surface area contributed by atoms with E-state index < -0.39 is 0 Å². The topological polar surface area (TPSA) is 91.4 Å². The van der Waals surface area contributed by atoms with E-state index in [1.165, 1.54) is 0 Å². The average molecular weight is 448 g/mol. The summed E-state index contributed by atoms with van der Waals surface area (Å²) in [7, 11) is 0. The predicted octanol–water partition coefficient (Wildman–Crippen LogP) is 3.05. The fourth-order valence-electron chi connectivity index (χ4n) is 4.81. The van der Waals surface area contributed by atoms with Crippen molar-refractivity contribution >= 4 is 22.8 Å². The maximum absolute atomic E-state index is 12.9. The van der Waals surface area contributed by atoms with Gasteiger partial charge in [0.25, 0.3) is 5.91 Å². The lowest BCUT2D eigenvalue weighted by atomic mass is 9.95. The number of carbonyl (C=O) groups is 2. The number of imidazole rings is 1. The average Bonchev–Trinajstić information content (AvgIpc) is 3.43. The van der Waals surface area contributed by atoms with Gasteiger partial charge in [0.05, 0.1) is 24.0 Å². The molecule has 4 heterocycles. The van der Waals surface area contributed by atoms with Crippen LogP contribution in [0, 0.1) is 18.8 Å². The number of aryl methyl sites for hydroxylation is 1. The molecule has 8 nitrogen and oxygen atoms in total. The summed E-state index contributed by atoms with van der Waals surface area (Å²) in [4.78, 5) is 40.9. The van der Waals surface area contributed by atoms with Gasteiger partial charge in [-0.3, -0.25) is 9.59 Å². The van der Waals surface area contributed by atoms with E-state index in [0.29, 0.717) is 30.4 Å². The van der Waals surface area contributed by atoms with Crippen molar-refractivity contribution in [2.75, 3.05) is 32.8 Å². The number of ether oxygens (including phenoxy) is 1. The van der Waals surface area contributed by atoms with Crippen molar-refractivity contribution in [1.82, 2.24) is 24.8 Å². The number of carbonyl (C=O) groups excluding carboxylic acids is 2. The third kappa shape index (κ3) is 4.84. The third-order valence-electron chi connectivity index (χ3n) is 6.70. The molecule has 2 saturated heterocycles. The maximum Gasteiger partial charge on any atom is 0.253 e. The lowest BCUT2D eigenvalue weighted by molar-refractivity contribution is -0.128. The molecule has 2 aliphatic heterocycles. The molecule has 0 radical (unpaired) electrons. The number of nitrogens with one attached hydrogen (secondary N) is 1. The first-order valence-electron chi connectivity index (χ1n) is 11.6. The first-order valence-corrected chi connectivity index (χ1v) is 11.6. The van der Waals surface area contributed by atoms with Gasteiger partial charge in [-0.15, -0.1) is 0 Å². The first-order chi connectivity index (χ1) is 16.0. The summed E-state index contributed by atoms with van der Waals surface area (Å²) in [5.41, 5.74) is 3.53. The second-order valence-electron chi connectivity index (χ2n) is 9.22. The zero-order chi connectivity index (χ0) is 22.8. The van der Waals surface area contributed by atoms with Crippen LogP contribution in [0.5, 0.6) is 5.88 Å². The highest BCUT2D eigenvalue weighted by molar-refractivity contribution is 5.97. The van der Waals surface area contributed by atoms with Crippen LogP contribution in [0.15, 0.2) is 42.9 Å². The number of rotatable bonds is 6. The SMILES string of the molecule is Cc1ccnc(OCC2CC(=O)N(CC3CCN(C(=O)c4ccc5nc[nH]c5c4)CC3)C2)c1. The largest absolute Gasteiger partial charge is 0.477 e. The zero-order valence-electron chi connectivity index (χ0n) is 18.9. The minimum atomic E-state index is 0.0594. The number of aromatic nitrogens is 3. The van der Waals surface area contributed by atoms with Gasteiger partial charge in [-0.1, -0.05) is 0 Å². The van der Waals surface area contributed by atoms with Crippen LogP contribution in [0.2, 0.25) is 0 Å². The predicted molar refractivity (Wildman–Crippen MR) is 124 cm³/mol. The molecule has 0 saturated carbocycles. The quantitative estimate of drug-likeness (QED) is 0.627. The van der Waals surface area contributed by atoms with Crippen molar-refractivity contribution in [1.29, 1.82) is 0 Å². The Hall–Kier alpha value is -3.42. The number of likely N-dealkylation sites (tertiary alicyclic amines) is 2. The van der Waals surface area contributed by atoms with E-state index in [1.54, 1.807) is 12.5 Å². The van der Waals surface area contributed by atoms with Gasteiger partial charge in [0, 0.05) is 56.3 Å². The Morgan fingerprint density at radius 1 is 1.15 bits per heavy atom. The highest BCUT2D eigenvalue weighted by Gasteiger charge is 2.33. The van der Waals surface area contributed by atoms with Gasteiger partial charge in [-0.2, -0.15) is 0 Å². The van der Waals surface area contributed by atoms with Crippen LogP contribution in [0.1, 0.15) is 35.2 Å². The number of hydrogen-bond acceptors (Lipinski definition) is 5. The number of benzene rings is 1. The summed E-state index contributed by atoms with van der Waals surface area (Å²) in [5, 5.41) is 0. The van der Waals surface area contributed by atoms with E-state index in [1.807, 2.05) is 47.1 Å². The monoisotopic (exact) mass is 447 g/mol. The van der Waals surface area contributed by atoms with Crippen LogP contribution in [-0.4, -0.2) is 69.4 Å². The highest BCUT2D eigenvalue weighted by atomic mass is 16.5. The number of pyridine rings is 1. The fraction of sp³-hybridized carbons (Fsp3) is 0.440. The van der Waals surface area contributed by atoms with E-state index in [4.69, 9.17) is 4.74 Å². The lowest BCUT2D eigenvalue weighted by Crippen LogP contribution is -2.42. The molecule has 2 aliphatic rings. The zero-order valence-corrected chi connectivity index (χ0v) is 18.9. The van der Waals surface area contributed by atoms with Crippen LogP contribution < -0.4 is 4.74 Å². The Labute approximate surface area is 193 Å². The van der Waals surface area contributed by atoms with Gasteiger partial charge in [0.15, 0.2) is 0 Å². The molecule has 0 bridgehead atoms. The first kappa shape index (κ1) is 21.4. The van der Waals surface area contributed by atoms with Crippen LogP contribution in [-0.2, 0) is 4.79 Å². The minimum Gasteiger partial charge on any atom is -0.477 e.